The number of anilines is 1. The van der Waals surface area contributed by atoms with Crippen LogP contribution in [0.15, 0.2) is 59.8 Å². The second-order valence-electron chi connectivity index (χ2n) is 6.32. The van der Waals surface area contributed by atoms with E-state index in [0.717, 1.165) is 11.3 Å². The highest BCUT2D eigenvalue weighted by Gasteiger charge is 2.12. The monoisotopic (exact) mass is 390 g/mol. The Morgan fingerprint density at radius 2 is 1.96 bits per heavy atom. The van der Waals surface area contributed by atoms with Crippen molar-refractivity contribution in [2.24, 2.45) is 0 Å². The number of aromatic nitrogens is 5. The minimum Gasteiger partial charge on any atom is -0.325 e. The van der Waals surface area contributed by atoms with E-state index in [1.165, 1.54) is 17.3 Å². The van der Waals surface area contributed by atoms with Gasteiger partial charge in [0.1, 0.15) is 10.7 Å². The average molecular weight is 390 g/mol. The molecule has 7 nitrogen and oxygen atoms in total. The van der Waals surface area contributed by atoms with Crippen LogP contribution in [0.1, 0.15) is 11.1 Å². The predicted octanol–water partition coefficient (Wildman–Crippen LogP) is 3.53. The molecule has 0 aliphatic carbocycles. The number of hydrogen-bond acceptors (Lipinski definition) is 6. The third-order valence-corrected chi connectivity index (χ3v) is 5.19. The number of rotatable bonds is 5. The van der Waals surface area contributed by atoms with Crippen molar-refractivity contribution < 1.29 is 4.79 Å². The number of nitrogens with zero attached hydrogens (tertiary/aromatic N) is 5. The normalized spacial score (nSPS) is 10.9. The Balaban J connectivity index is 1.47. The van der Waals surface area contributed by atoms with Gasteiger partial charge in [0.05, 0.1) is 5.75 Å². The van der Waals surface area contributed by atoms with E-state index >= 15 is 0 Å². The molecule has 0 fully saturated rings. The van der Waals surface area contributed by atoms with Crippen molar-refractivity contribution in [2.75, 3.05) is 11.1 Å². The van der Waals surface area contributed by atoms with Crippen LogP contribution in [0, 0.1) is 13.8 Å². The van der Waals surface area contributed by atoms with Crippen LogP contribution in [-0.2, 0) is 4.79 Å². The van der Waals surface area contributed by atoms with Gasteiger partial charge in [-0.1, -0.05) is 23.9 Å². The van der Waals surface area contributed by atoms with Crippen LogP contribution in [-0.4, -0.2) is 36.5 Å². The molecule has 0 saturated heterocycles. The van der Waals surface area contributed by atoms with Gasteiger partial charge < -0.3 is 5.32 Å². The van der Waals surface area contributed by atoms with Gasteiger partial charge in [-0.15, -0.1) is 10.2 Å². The van der Waals surface area contributed by atoms with Crippen LogP contribution >= 0.6 is 11.8 Å². The summed E-state index contributed by atoms with van der Waals surface area (Å²) in [4.78, 5) is 16.6. The standard InChI is InChI=1S/C20H18N6OS/c1-13-6-7-15(11-14(13)2)22-18(27)12-28-19-9-8-17-23-24-20(26(17)25-19)16-5-3-4-10-21-16/h3-11H,12H2,1-2H3,(H,22,27). The Morgan fingerprint density at radius 3 is 2.75 bits per heavy atom. The van der Waals surface area contributed by atoms with Crippen LogP contribution in [0.2, 0.25) is 0 Å². The first-order valence-corrected chi connectivity index (χ1v) is 9.72. The molecule has 0 spiro atoms. The first-order chi connectivity index (χ1) is 13.6. The molecular formula is C20H18N6OS. The molecule has 0 unspecified atom stereocenters. The lowest BCUT2D eigenvalue weighted by molar-refractivity contribution is -0.113. The first kappa shape index (κ1) is 18.1. The Bertz CT molecular complexity index is 1140. The van der Waals surface area contributed by atoms with Crippen molar-refractivity contribution >= 4 is 29.0 Å². The third-order valence-electron chi connectivity index (χ3n) is 4.27. The second kappa shape index (κ2) is 7.77. The molecule has 4 rings (SSSR count). The summed E-state index contributed by atoms with van der Waals surface area (Å²) in [5, 5.41) is 16.5. The molecule has 1 amide bonds. The molecule has 8 heteroatoms. The number of carbonyl (C=O) groups excluding carboxylic acids is 1. The van der Waals surface area contributed by atoms with Gasteiger partial charge >= 0.3 is 0 Å². The lowest BCUT2D eigenvalue weighted by atomic mass is 10.1. The van der Waals surface area contributed by atoms with E-state index in [4.69, 9.17) is 0 Å². The van der Waals surface area contributed by atoms with Crippen LogP contribution in [0.4, 0.5) is 5.69 Å². The van der Waals surface area contributed by atoms with E-state index < -0.39 is 0 Å². The molecule has 0 bridgehead atoms. The highest BCUT2D eigenvalue weighted by Crippen LogP contribution is 2.20. The summed E-state index contributed by atoms with van der Waals surface area (Å²) in [6.07, 6.45) is 1.70. The minimum atomic E-state index is -0.0798. The number of carbonyl (C=O) groups is 1. The zero-order valence-corrected chi connectivity index (χ0v) is 16.3. The van der Waals surface area contributed by atoms with Gasteiger partial charge in [-0.25, -0.2) is 0 Å². The molecular weight excluding hydrogens is 372 g/mol. The topological polar surface area (TPSA) is 85.1 Å². The van der Waals surface area contributed by atoms with Gasteiger partial charge in [0, 0.05) is 11.9 Å². The number of pyridine rings is 1. The summed E-state index contributed by atoms with van der Waals surface area (Å²) in [7, 11) is 0. The van der Waals surface area contributed by atoms with Gasteiger partial charge in [0.2, 0.25) is 11.7 Å². The summed E-state index contributed by atoms with van der Waals surface area (Å²) in [5.74, 6) is 0.744. The van der Waals surface area contributed by atoms with E-state index in [9.17, 15) is 4.79 Å². The largest absolute Gasteiger partial charge is 0.325 e. The second-order valence-corrected chi connectivity index (χ2v) is 7.31. The van der Waals surface area contributed by atoms with E-state index in [0.29, 0.717) is 22.2 Å². The lowest BCUT2D eigenvalue weighted by Gasteiger charge is -2.07. The Hall–Kier alpha value is -3.26. The maximum Gasteiger partial charge on any atom is 0.234 e. The molecule has 0 aliphatic heterocycles. The maximum absolute atomic E-state index is 12.3. The molecule has 1 N–H and O–H groups in total. The summed E-state index contributed by atoms with van der Waals surface area (Å²) < 4.78 is 1.64. The lowest BCUT2D eigenvalue weighted by Crippen LogP contribution is -2.14. The van der Waals surface area contributed by atoms with E-state index in [1.807, 2.05) is 62.4 Å². The number of aryl methyl sites for hydroxylation is 2. The van der Waals surface area contributed by atoms with Crippen molar-refractivity contribution in [3.8, 4) is 11.5 Å². The first-order valence-electron chi connectivity index (χ1n) is 8.74. The van der Waals surface area contributed by atoms with Gasteiger partial charge in [0.25, 0.3) is 0 Å². The van der Waals surface area contributed by atoms with Crippen LogP contribution < -0.4 is 5.32 Å². The zero-order valence-electron chi connectivity index (χ0n) is 15.5. The Kier molecular flexibility index (Phi) is 5.03. The molecule has 0 atom stereocenters. The Labute approximate surface area is 166 Å². The average Bonchev–Trinajstić information content (AvgIpc) is 3.13. The molecule has 4 aromatic rings. The van der Waals surface area contributed by atoms with Crippen molar-refractivity contribution in [3.05, 3.63) is 65.9 Å². The smallest absolute Gasteiger partial charge is 0.234 e. The summed E-state index contributed by atoms with van der Waals surface area (Å²) in [6.45, 7) is 4.07. The number of benzene rings is 1. The number of nitrogens with one attached hydrogen (secondary N) is 1. The number of amides is 1. The van der Waals surface area contributed by atoms with Gasteiger partial charge in [-0.05, 0) is 61.4 Å². The number of thioether (sulfide) groups is 1. The van der Waals surface area contributed by atoms with Gasteiger partial charge in [-0.3, -0.25) is 9.78 Å². The van der Waals surface area contributed by atoms with E-state index in [-0.39, 0.29) is 11.7 Å². The Morgan fingerprint density at radius 1 is 1.07 bits per heavy atom. The zero-order chi connectivity index (χ0) is 19.5. The van der Waals surface area contributed by atoms with Crippen molar-refractivity contribution in [3.63, 3.8) is 0 Å². The van der Waals surface area contributed by atoms with Crippen molar-refractivity contribution in [1.82, 2.24) is 24.8 Å². The fraction of sp³-hybridized carbons (Fsp3) is 0.150. The molecule has 3 aromatic heterocycles. The van der Waals surface area contributed by atoms with Crippen LogP contribution in [0.25, 0.3) is 17.2 Å². The molecule has 1 aromatic carbocycles. The van der Waals surface area contributed by atoms with Gasteiger partial charge in [-0.2, -0.15) is 9.61 Å². The highest BCUT2D eigenvalue weighted by molar-refractivity contribution is 7.99. The summed E-state index contributed by atoms with van der Waals surface area (Å²) in [5.41, 5.74) is 4.46. The van der Waals surface area contributed by atoms with Crippen LogP contribution in [0.5, 0.6) is 0 Å². The quantitative estimate of drug-likeness (QED) is 0.525. The molecule has 3 heterocycles. The summed E-state index contributed by atoms with van der Waals surface area (Å²) in [6, 6.07) is 15.1. The minimum absolute atomic E-state index is 0.0798. The fourth-order valence-corrected chi connectivity index (χ4v) is 3.31. The maximum atomic E-state index is 12.3. The van der Waals surface area contributed by atoms with Crippen molar-refractivity contribution in [1.29, 1.82) is 0 Å². The number of hydrogen-bond donors (Lipinski definition) is 1. The number of fused-ring (bicyclic) bond motifs is 1. The van der Waals surface area contributed by atoms with Crippen molar-refractivity contribution in [2.45, 2.75) is 18.9 Å². The molecule has 0 aliphatic rings. The molecule has 0 radical (unpaired) electrons. The molecule has 28 heavy (non-hydrogen) atoms. The highest BCUT2D eigenvalue weighted by atomic mass is 32.2. The summed E-state index contributed by atoms with van der Waals surface area (Å²) >= 11 is 1.36. The van der Waals surface area contributed by atoms with Crippen LogP contribution in [0.3, 0.4) is 0 Å². The molecule has 0 saturated carbocycles. The predicted molar refractivity (Wildman–Crippen MR) is 109 cm³/mol. The van der Waals surface area contributed by atoms with E-state index in [1.54, 1.807) is 10.7 Å². The molecule has 140 valence electrons. The fourth-order valence-electron chi connectivity index (χ4n) is 2.66. The SMILES string of the molecule is Cc1ccc(NC(=O)CSc2ccc3nnc(-c4ccccn4)n3n2)cc1C. The van der Waals surface area contributed by atoms with E-state index in [2.05, 4.69) is 25.6 Å². The van der Waals surface area contributed by atoms with Gasteiger partial charge in [0.15, 0.2) is 5.65 Å². The third kappa shape index (κ3) is 3.86.